The summed E-state index contributed by atoms with van der Waals surface area (Å²) in [5.41, 5.74) is 5.06. The lowest BCUT2D eigenvalue weighted by Gasteiger charge is -2.49. The SMILES string of the molecule is CC(=O)OCC1O[C@@H](n2cc(CN3C[C@@H](C)C[C@H]4O[C@]5(CC[C@@H]6C(=C5C)C[C@H]5[C@H]6CC=C6C[C@@H](O)CC[C@@]65C)[C@H](C)[C@@H]43)nn2)C(OC(C)=O)[C@@H](OC(C)=O)[C@H]1OC(C)=O. The zero-order valence-corrected chi connectivity index (χ0v) is 35.8. The van der Waals surface area contributed by atoms with Crippen LogP contribution >= 0.6 is 0 Å². The van der Waals surface area contributed by atoms with Crippen molar-refractivity contribution in [3.63, 3.8) is 0 Å². The van der Waals surface area contributed by atoms with E-state index in [0.717, 1.165) is 57.9 Å². The van der Waals surface area contributed by atoms with E-state index in [1.165, 1.54) is 43.5 Å². The van der Waals surface area contributed by atoms with E-state index < -0.39 is 54.5 Å². The van der Waals surface area contributed by atoms with Gasteiger partial charge in [-0.1, -0.05) is 43.2 Å². The van der Waals surface area contributed by atoms with Gasteiger partial charge in [-0.05, 0) is 93.0 Å². The van der Waals surface area contributed by atoms with Crippen molar-refractivity contribution in [1.29, 1.82) is 0 Å². The number of piperidine rings is 1. The Kier molecular flexibility index (Phi) is 11.4. The number of likely N-dealkylation sites (tertiary alicyclic amines) is 1. The van der Waals surface area contributed by atoms with Gasteiger partial charge in [0.05, 0.1) is 29.7 Å². The first-order valence-electron chi connectivity index (χ1n) is 21.7. The molecule has 15 nitrogen and oxygen atoms in total. The van der Waals surface area contributed by atoms with Crippen molar-refractivity contribution < 1.29 is 52.7 Å². The Balaban J connectivity index is 1.05. The third-order valence-electron chi connectivity index (χ3n) is 15.2. The van der Waals surface area contributed by atoms with Crippen molar-refractivity contribution in [3.8, 4) is 0 Å². The van der Waals surface area contributed by atoms with Crippen molar-refractivity contribution in [1.82, 2.24) is 19.9 Å². The standard InChI is InChI=1S/C44H62N4O11/c1-22-15-36-38(24(3)44(59-36)14-12-32-33-10-9-29-16-31(53)11-13-43(29,8)35(33)17-34(32)23(44)2)47(18-22)19-30-20-48(46-45-30)42-41(57-28(7)52)40(56-27(6)51)39(55-26(5)50)37(58-42)21-54-25(4)49/h9,20,22,24,31-33,35-42,53H,10-19,21H2,1-8H3/t22-,24+,31-,32-,33-,35-,36+,37?,38-,39-,40-,41?,42+,43-,44-/m0/s1. The van der Waals surface area contributed by atoms with Crippen molar-refractivity contribution in [2.75, 3.05) is 13.2 Å². The second-order valence-corrected chi connectivity index (χ2v) is 18.9. The van der Waals surface area contributed by atoms with Crippen LogP contribution in [0.15, 0.2) is 29.0 Å². The van der Waals surface area contributed by atoms with Crippen LogP contribution in [0.1, 0.15) is 119 Å². The van der Waals surface area contributed by atoms with Crippen LogP contribution in [-0.2, 0) is 54.1 Å². The number of allylic oxidation sites excluding steroid dienone is 2. The maximum absolute atomic E-state index is 12.5. The third-order valence-corrected chi connectivity index (χ3v) is 15.2. The Morgan fingerprint density at radius 3 is 2.37 bits per heavy atom. The highest BCUT2D eigenvalue weighted by Crippen LogP contribution is 2.65. The number of carbonyl (C=O) groups is 4. The van der Waals surface area contributed by atoms with Gasteiger partial charge in [0.1, 0.15) is 12.7 Å². The van der Waals surface area contributed by atoms with Crippen molar-refractivity contribution in [3.05, 3.63) is 34.7 Å². The molecule has 59 heavy (non-hydrogen) atoms. The summed E-state index contributed by atoms with van der Waals surface area (Å²) in [6.07, 6.45) is 6.08. The highest BCUT2D eigenvalue weighted by atomic mass is 16.7. The Hall–Kier alpha value is -3.66. The fourth-order valence-corrected chi connectivity index (χ4v) is 12.8. The lowest BCUT2D eigenvalue weighted by atomic mass is 9.56. The molecule has 2 unspecified atom stereocenters. The fraction of sp³-hybridized carbons (Fsp3) is 0.773. The van der Waals surface area contributed by atoms with Gasteiger partial charge in [0.25, 0.3) is 0 Å². The Morgan fingerprint density at radius 1 is 0.949 bits per heavy atom. The van der Waals surface area contributed by atoms with Crippen LogP contribution in [0, 0.1) is 35.0 Å². The van der Waals surface area contributed by atoms with Gasteiger partial charge in [-0.25, -0.2) is 4.68 Å². The first kappa shape index (κ1) is 42.0. The van der Waals surface area contributed by atoms with Gasteiger partial charge in [-0.15, -0.1) is 5.10 Å². The average Bonchev–Trinajstić information content (AvgIpc) is 3.86. The number of fused-ring (bicyclic) bond motifs is 6. The molecule has 1 N–H and O–H groups in total. The molecule has 0 aromatic carbocycles. The number of aromatic nitrogens is 3. The van der Waals surface area contributed by atoms with Crippen LogP contribution in [0.4, 0.5) is 0 Å². The lowest BCUT2D eigenvalue weighted by Crippen LogP contribution is -2.60. The van der Waals surface area contributed by atoms with E-state index in [2.05, 4.69) is 49.0 Å². The van der Waals surface area contributed by atoms with Gasteiger partial charge in [0, 0.05) is 52.7 Å². The summed E-state index contributed by atoms with van der Waals surface area (Å²) in [6, 6.07) is 0.156. The first-order chi connectivity index (χ1) is 28.0. The molecule has 0 bridgehead atoms. The van der Waals surface area contributed by atoms with E-state index in [4.69, 9.17) is 28.4 Å². The molecule has 15 heteroatoms. The second kappa shape index (κ2) is 16.0. The van der Waals surface area contributed by atoms with Crippen LogP contribution in [0.3, 0.4) is 0 Å². The maximum atomic E-state index is 12.5. The highest BCUT2D eigenvalue weighted by Gasteiger charge is 2.62. The summed E-state index contributed by atoms with van der Waals surface area (Å²) >= 11 is 0. The average molecular weight is 823 g/mol. The van der Waals surface area contributed by atoms with Gasteiger partial charge in [0.2, 0.25) is 0 Å². The van der Waals surface area contributed by atoms with Gasteiger partial charge in [-0.2, -0.15) is 0 Å². The molecular formula is C44H62N4O11. The van der Waals surface area contributed by atoms with E-state index in [1.807, 2.05) is 0 Å². The largest absolute Gasteiger partial charge is 0.463 e. The zero-order valence-electron chi connectivity index (χ0n) is 35.8. The summed E-state index contributed by atoms with van der Waals surface area (Å²) in [6.45, 7) is 15.3. The number of aliphatic hydroxyl groups excluding tert-OH is 1. The number of ether oxygens (including phenoxy) is 6. The normalized spacial score (nSPS) is 41.6. The minimum absolute atomic E-state index is 0.0601. The molecule has 2 saturated carbocycles. The molecule has 4 heterocycles. The quantitative estimate of drug-likeness (QED) is 0.216. The molecule has 7 aliphatic rings. The van der Waals surface area contributed by atoms with Crippen LogP contribution in [-0.4, -0.2) is 110 Å². The molecule has 324 valence electrons. The molecule has 3 aliphatic heterocycles. The van der Waals surface area contributed by atoms with Gasteiger partial charge in [-0.3, -0.25) is 24.1 Å². The first-order valence-corrected chi connectivity index (χ1v) is 21.7. The Bertz CT molecular complexity index is 1900. The highest BCUT2D eigenvalue weighted by molar-refractivity contribution is 5.68. The summed E-state index contributed by atoms with van der Waals surface area (Å²) in [5.74, 6) is -0.190. The van der Waals surface area contributed by atoms with E-state index in [9.17, 15) is 24.3 Å². The number of carbonyl (C=O) groups excluding carboxylic acids is 4. The maximum Gasteiger partial charge on any atom is 0.303 e. The van der Waals surface area contributed by atoms with Crippen LogP contribution in [0.25, 0.3) is 0 Å². The number of esters is 4. The minimum atomic E-state index is -1.31. The van der Waals surface area contributed by atoms with Crippen LogP contribution < -0.4 is 0 Å². The molecule has 1 aromatic heterocycles. The van der Waals surface area contributed by atoms with E-state index in [0.29, 0.717) is 35.9 Å². The molecule has 15 atom stereocenters. The smallest absolute Gasteiger partial charge is 0.303 e. The molecule has 8 rings (SSSR count). The lowest BCUT2D eigenvalue weighted by molar-refractivity contribution is -0.270. The number of nitrogens with zero attached hydrogens (tertiary/aromatic N) is 4. The summed E-state index contributed by atoms with van der Waals surface area (Å²) < 4.78 is 37.3. The van der Waals surface area contributed by atoms with Gasteiger partial charge in [0.15, 0.2) is 24.5 Å². The van der Waals surface area contributed by atoms with Crippen LogP contribution in [0.2, 0.25) is 0 Å². The number of hydrogen-bond acceptors (Lipinski definition) is 14. The topological polar surface area (TPSA) is 178 Å². The molecule has 1 spiro atoms. The summed E-state index contributed by atoms with van der Waals surface area (Å²) in [7, 11) is 0. The number of aliphatic hydroxyl groups is 1. The predicted molar refractivity (Wildman–Crippen MR) is 210 cm³/mol. The van der Waals surface area contributed by atoms with Crippen molar-refractivity contribution >= 4 is 23.9 Å². The molecule has 4 aliphatic carbocycles. The van der Waals surface area contributed by atoms with E-state index in [1.54, 1.807) is 11.8 Å². The summed E-state index contributed by atoms with van der Waals surface area (Å²) in [5, 5.41) is 19.5. The Morgan fingerprint density at radius 2 is 1.66 bits per heavy atom. The molecule has 0 amide bonds. The van der Waals surface area contributed by atoms with E-state index in [-0.39, 0.29) is 41.8 Å². The number of hydrogen-bond donors (Lipinski definition) is 1. The number of rotatable bonds is 8. The molecular weight excluding hydrogens is 761 g/mol. The van der Waals surface area contributed by atoms with Crippen molar-refractivity contribution in [2.24, 2.45) is 35.0 Å². The van der Waals surface area contributed by atoms with Gasteiger partial charge >= 0.3 is 23.9 Å². The zero-order chi connectivity index (χ0) is 42.1. The van der Waals surface area contributed by atoms with Crippen molar-refractivity contribution in [2.45, 2.75) is 168 Å². The second-order valence-electron chi connectivity index (χ2n) is 18.9. The predicted octanol–water partition coefficient (Wildman–Crippen LogP) is 4.76. The molecule has 3 saturated heterocycles. The molecule has 5 fully saturated rings. The van der Waals surface area contributed by atoms with E-state index >= 15 is 0 Å². The minimum Gasteiger partial charge on any atom is -0.463 e. The molecule has 0 radical (unpaired) electrons. The Labute approximate surface area is 346 Å². The molecule has 1 aromatic rings. The third kappa shape index (κ3) is 7.56. The fourth-order valence-electron chi connectivity index (χ4n) is 12.8. The summed E-state index contributed by atoms with van der Waals surface area (Å²) in [4.78, 5) is 51.4. The monoisotopic (exact) mass is 822 g/mol. The van der Waals surface area contributed by atoms with Crippen LogP contribution in [0.5, 0.6) is 0 Å². The van der Waals surface area contributed by atoms with Gasteiger partial charge < -0.3 is 33.5 Å².